The van der Waals surface area contributed by atoms with Gasteiger partial charge in [0.15, 0.2) is 0 Å². The Morgan fingerprint density at radius 2 is 1.87 bits per heavy atom. The number of nitrogens with one attached hydrogen (secondary N) is 1. The molecule has 0 amide bonds. The maximum Gasteiger partial charge on any atom is 0.0610 e. The average Bonchev–Trinajstić information content (AvgIpc) is 2.11. The summed E-state index contributed by atoms with van der Waals surface area (Å²) in [7, 11) is 0. The number of ether oxygens (including phenoxy) is 1. The summed E-state index contributed by atoms with van der Waals surface area (Å²) in [6, 6.07) is 0.396. The lowest BCUT2D eigenvalue weighted by molar-refractivity contribution is 0.0659. The van der Waals surface area contributed by atoms with E-state index in [1.807, 2.05) is 13.8 Å². The van der Waals surface area contributed by atoms with Gasteiger partial charge in [0.1, 0.15) is 0 Å². The van der Waals surface area contributed by atoms with Crippen molar-refractivity contribution in [1.82, 2.24) is 5.32 Å². The quantitative estimate of drug-likeness (QED) is 0.611. The van der Waals surface area contributed by atoms with E-state index in [9.17, 15) is 5.11 Å². The highest BCUT2D eigenvalue weighted by Gasteiger charge is 2.22. The molecule has 0 aromatic heterocycles. The molecule has 0 saturated heterocycles. The Hall–Kier alpha value is -0.120. The highest BCUT2D eigenvalue weighted by molar-refractivity contribution is 4.83. The summed E-state index contributed by atoms with van der Waals surface area (Å²) < 4.78 is 5.48. The molecule has 0 fully saturated rings. The van der Waals surface area contributed by atoms with E-state index in [-0.39, 0.29) is 12.1 Å². The standard InChI is InChI=1S/C12H27NO2/c1-10(2)13-12(5,9-14)7-6-8-15-11(3)4/h10-11,13-14H,6-9H2,1-5H3. The minimum Gasteiger partial charge on any atom is -0.394 e. The molecule has 3 nitrogen and oxygen atoms in total. The minimum atomic E-state index is -0.172. The van der Waals surface area contributed by atoms with Gasteiger partial charge >= 0.3 is 0 Å². The van der Waals surface area contributed by atoms with Gasteiger partial charge in [0.2, 0.25) is 0 Å². The Morgan fingerprint density at radius 1 is 1.27 bits per heavy atom. The van der Waals surface area contributed by atoms with Crippen LogP contribution in [-0.4, -0.2) is 36.0 Å². The van der Waals surface area contributed by atoms with Crippen molar-refractivity contribution in [2.75, 3.05) is 13.2 Å². The first kappa shape index (κ1) is 14.9. The van der Waals surface area contributed by atoms with Gasteiger partial charge in [0, 0.05) is 18.2 Å². The lowest BCUT2D eigenvalue weighted by Crippen LogP contribution is -2.49. The van der Waals surface area contributed by atoms with Crippen molar-refractivity contribution in [3.05, 3.63) is 0 Å². The van der Waals surface area contributed by atoms with Crippen molar-refractivity contribution >= 4 is 0 Å². The molecule has 0 aromatic rings. The van der Waals surface area contributed by atoms with E-state index in [1.54, 1.807) is 0 Å². The molecule has 0 radical (unpaired) electrons. The van der Waals surface area contributed by atoms with Gasteiger partial charge in [-0.25, -0.2) is 0 Å². The van der Waals surface area contributed by atoms with Crippen molar-refractivity contribution in [2.45, 2.75) is 65.1 Å². The largest absolute Gasteiger partial charge is 0.394 e. The van der Waals surface area contributed by atoms with E-state index in [0.29, 0.717) is 12.1 Å². The molecule has 1 unspecified atom stereocenters. The van der Waals surface area contributed by atoms with Crippen molar-refractivity contribution in [3.8, 4) is 0 Å². The fourth-order valence-electron chi connectivity index (χ4n) is 1.68. The van der Waals surface area contributed by atoms with Gasteiger partial charge in [-0.15, -0.1) is 0 Å². The van der Waals surface area contributed by atoms with E-state index in [0.717, 1.165) is 19.4 Å². The molecular weight excluding hydrogens is 190 g/mol. The van der Waals surface area contributed by atoms with Gasteiger partial charge < -0.3 is 15.2 Å². The molecule has 0 aromatic carbocycles. The topological polar surface area (TPSA) is 41.5 Å². The first-order valence-corrected chi connectivity index (χ1v) is 5.90. The molecule has 0 aliphatic rings. The molecule has 92 valence electrons. The van der Waals surface area contributed by atoms with Crippen LogP contribution in [0.2, 0.25) is 0 Å². The minimum absolute atomic E-state index is 0.172. The predicted octanol–water partition coefficient (Wildman–Crippen LogP) is 1.94. The number of rotatable bonds is 8. The second kappa shape index (κ2) is 7.20. The molecule has 0 bridgehead atoms. The Bertz CT molecular complexity index is 160. The number of hydrogen-bond donors (Lipinski definition) is 2. The molecule has 2 N–H and O–H groups in total. The van der Waals surface area contributed by atoms with Gasteiger partial charge in [-0.05, 0) is 33.6 Å². The van der Waals surface area contributed by atoms with Crippen LogP contribution in [0.5, 0.6) is 0 Å². The summed E-state index contributed by atoms with van der Waals surface area (Å²) in [5, 5.41) is 12.7. The van der Waals surface area contributed by atoms with Gasteiger partial charge in [-0.3, -0.25) is 0 Å². The summed E-state index contributed by atoms with van der Waals surface area (Å²) in [4.78, 5) is 0. The summed E-state index contributed by atoms with van der Waals surface area (Å²) in [6.07, 6.45) is 2.21. The highest BCUT2D eigenvalue weighted by atomic mass is 16.5. The van der Waals surface area contributed by atoms with Gasteiger partial charge in [0.25, 0.3) is 0 Å². The molecule has 0 heterocycles. The van der Waals surface area contributed by atoms with Crippen molar-refractivity contribution in [3.63, 3.8) is 0 Å². The maximum atomic E-state index is 9.34. The van der Waals surface area contributed by atoms with Crippen LogP contribution in [0.1, 0.15) is 47.5 Å². The van der Waals surface area contributed by atoms with Gasteiger partial charge in [0.05, 0.1) is 12.7 Å². The van der Waals surface area contributed by atoms with Crippen LogP contribution in [0.3, 0.4) is 0 Å². The van der Waals surface area contributed by atoms with E-state index in [2.05, 4.69) is 26.1 Å². The SMILES string of the molecule is CC(C)NC(C)(CO)CCCOC(C)C. The molecule has 0 aliphatic heterocycles. The lowest BCUT2D eigenvalue weighted by atomic mass is 9.96. The molecule has 0 rings (SSSR count). The summed E-state index contributed by atoms with van der Waals surface area (Å²) in [6.45, 7) is 11.3. The zero-order chi connectivity index (χ0) is 11.9. The van der Waals surface area contributed by atoms with E-state index in [4.69, 9.17) is 4.74 Å². The molecule has 0 saturated carbocycles. The van der Waals surface area contributed by atoms with E-state index >= 15 is 0 Å². The predicted molar refractivity (Wildman–Crippen MR) is 64.1 cm³/mol. The fraction of sp³-hybridized carbons (Fsp3) is 1.00. The molecule has 1 atom stereocenters. The van der Waals surface area contributed by atoms with Crippen LogP contribution >= 0.6 is 0 Å². The molecule has 0 spiro atoms. The maximum absolute atomic E-state index is 9.34. The molecule has 0 aliphatic carbocycles. The Balaban J connectivity index is 3.77. The van der Waals surface area contributed by atoms with Crippen molar-refractivity contribution in [2.24, 2.45) is 0 Å². The Morgan fingerprint density at radius 3 is 2.27 bits per heavy atom. The smallest absolute Gasteiger partial charge is 0.0610 e. The van der Waals surface area contributed by atoms with Gasteiger partial charge in [-0.1, -0.05) is 13.8 Å². The van der Waals surface area contributed by atoms with Crippen LogP contribution in [-0.2, 0) is 4.74 Å². The Labute approximate surface area is 94.2 Å². The normalized spacial score (nSPS) is 16.0. The molecule has 3 heteroatoms. The summed E-state index contributed by atoms with van der Waals surface area (Å²) in [5.74, 6) is 0. The second-order valence-corrected chi connectivity index (χ2v) is 5.04. The van der Waals surface area contributed by atoms with Crippen molar-refractivity contribution in [1.29, 1.82) is 0 Å². The van der Waals surface area contributed by atoms with Gasteiger partial charge in [-0.2, -0.15) is 0 Å². The van der Waals surface area contributed by atoms with Crippen LogP contribution in [0.25, 0.3) is 0 Å². The average molecular weight is 217 g/mol. The van der Waals surface area contributed by atoms with Crippen LogP contribution in [0, 0.1) is 0 Å². The lowest BCUT2D eigenvalue weighted by Gasteiger charge is -2.31. The summed E-state index contributed by atoms with van der Waals surface area (Å²) >= 11 is 0. The number of aliphatic hydroxyl groups excluding tert-OH is 1. The zero-order valence-corrected chi connectivity index (χ0v) is 10.8. The number of aliphatic hydroxyl groups is 1. The van der Waals surface area contributed by atoms with E-state index in [1.165, 1.54) is 0 Å². The highest BCUT2D eigenvalue weighted by Crippen LogP contribution is 2.13. The first-order valence-electron chi connectivity index (χ1n) is 5.90. The van der Waals surface area contributed by atoms with Crippen molar-refractivity contribution < 1.29 is 9.84 Å². The Kier molecular flexibility index (Phi) is 7.14. The zero-order valence-electron chi connectivity index (χ0n) is 10.8. The first-order chi connectivity index (χ1) is 6.89. The van der Waals surface area contributed by atoms with Crippen LogP contribution < -0.4 is 5.32 Å². The van der Waals surface area contributed by atoms with Crippen LogP contribution in [0.4, 0.5) is 0 Å². The second-order valence-electron chi connectivity index (χ2n) is 5.04. The molecular formula is C12H27NO2. The number of hydrogen-bond acceptors (Lipinski definition) is 3. The van der Waals surface area contributed by atoms with Crippen LogP contribution in [0.15, 0.2) is 0 Å². The molecule has 15 heavy (non-hydrogen) atoms. The van der Waals surface area contributed by atoms with E-state index < -0.39 is 0 Å². The fourth-order valence-corrected chi connectivity index (χ4v) is 1.68. The third-order valence-corrected chi connectivity index (χ3v) is 2.31. The summed E-state index contributed by atoms with van der Waals surface area (Å²) in [5.41, 5.74) is -0.172. The monoisotopic (exact) mass is 217 g/mol. The third-order valence-electron chi connectivity index (χ3n) is 2.31. The third kappa shape index (κ3) is 7.77.